The molecule has 1 unspecified atom stereocenters. The lowest BCUT2D eigenvalue weighted by molar-refractivity contribution is -0.149. The molecule has 0 aromatic heterocycles. The van der Waals surface area contributed by atoms with Gasteiger partial charge in [-0.2, -0.15) is 0 Å². The molecular weight excluding hydrogens is 308 g/mol. The molecule has 6 nitrogen and oxygen atoms in total. The van der Waals surface area contributed by atoms with Crippen LogP contribution in [0.1, 0.15) is 26.2 Å². The van der Waals surface area contributed by atoms with E-state index in [0.29, 0.717) is 26.1 Å². The van der Waals surface area contributed by atoms with Crippen molar-refractivity contribution in [2.75, 3.05) is 38.7 Å². The first-order valence-electron chi connectivity index (χ1n) is 8.45. The molecular formula is C18H26N2O4. The summed E-state index contributed by atoms with van der Waals surface area (Å²) in [4.78, 5) is 26.1. The Labute approximate surface area is 143 Å². The number of ether oxygens (including phenoxy) is 2. The Kier molecular flexibility index (Phi) is 7.06. The Morgan fingerprint density at radius 1 is 1.29 bits per heavy atom. The second kappa shape index (κ2) is 9.27. The number of carbonyl (C=O) groups is 2. The Morgan fingerprint density at radius 3 is 2.71 bits per heavy atom. The minimum absolute atomic E-state index is 0.0292. The maximum Gasteiger partial charge on any atom is 0.310 e. The SMILES string of the molecule is CCOC(=O)C1CCCN(CCC(=O)Nc2ccc(OC)cc2)C1. The van der Waals surface area contributed by atoms with Crippen molar-refractivity contribution >= 4 is 17.6 Å². The molecule has 2 rings (SSSR count). The Bertz CT molecular complexity index is 544. The third-order valence-corrected chi connectivity index (χ3v) is 4.15. The minimum Gasteiger partial charge on any atom is -0.497 e. The van der Waals surface area contributed by atoms with Crippen LogP contribution in [0.25, 0.3) is 0 Å². The molecule has 1 amide bonds. The first kappa shape index (κ1) is 18.3. The first-order chi connectivity index (χ1) is 11.6. The van der Waals surface area contributed by atoms with E-state index in [4.69, 9.17) is 9.47 Å². The molecule has 1 saturated heterocycles. The van der Waals surface area contributed by atoms with E-state index in [1.165, 1.54) is 0 Å². The predicted octanol–water partition coefficient (Wildman–Crippen LogP) is 2.30. The summed E-state index contributed by atoms with van der Waals surface area (Å²) in [7, 11) is 1.61. The van der Waals surface area contributed by atoms with Gasteiger partial charge in [-0.3, -0.25) is 9.59 Å². The number of benzene rings is 1. The Hall–Kier alpha value is -2.08. The van der Waals surface area contributed by atoms with Crippen LogP contribution in [0.15, 0.2) is 24.3 Å². The van der Waals surface area contributed by atoms with E-state index in [-0.39, 0.29) is 17.8 Å². The molecule has 6 heteroatoms. The van der Waals surface area contributed by atoms with Gasteiger partial charge in [-0.1, -0.05) is 0 Å². The van der Waals surface area contributed by atoms with Crippen molar-refractivity contribution in [1.82, 2.24) is 4.90 Å². The normalized spacial score (nSPS) is 18.0. The molecule has 0 bridgehead atoms. The van der Waals surface area contributed by atoms with Crippen LogP contribution in [0.3, 0.4) is 0 Å². The van der Waals surface area contributed by atoms with Crippen molar-refractivity contribution in [3.63, 3.8) is 0 Å². The van der Waals surface area contributed by atoms with E-state index in [9.17, 15) is 9.59 Å². The third kappa shape index (κ3) is 5.53. The van der Waals surface area contributed by atoms with Crippen molar-refractivity contribution in [3.8, 4) is 5.75 Å². The number of carbonyl (C=O) groups excluding carboxylic acids is 2. The molecule has 24 heavy (non-hydrogen) atoms. The van der Waals surface area contributed by atoms with Gasteiger partial charge in [0.1, 0.15) is 5.75 Å². The fraction of sp³-hybridized carbons (Fsp3) is 0.556. The molecule has 1 atom stereocenters. The quantitative estimate of drug-likeness (QED) is 0.775. The van der Waals surface area contributed by atoms with Gasteiger partial charge in [-0.25, -0.2) is 0 Å². The van der Waals surface area contributed by atoms with Gasteiger partial charge in [-0.15, -0.1) is 0 Å². The fourth-order valence-corrected chi connectivity index (χ4v) is 2.87. The zero-order valence-corrected chi connectivity index (χ0v) is 14.4. The summed E-state index contributed by atoms with van der Waals surface area (Å²) < 4.78 is 10.2. The molecule has 0 saturated carbocycles. The van der Waals surface area contributed by atoms with Crippen LogP contribution in [0.5, 0.6) is 5.75 Å². The molecule has 0 aliphatic carbocycles. The lowest BCUT2D eigenvalue weighted by atomic mass is 9.98. The molecule has 1 N–H and O–H groups in total. The number of nitrogens with one attached hydrogen (secondary N) is 1. The predicted molar refractivity (Wildman–Crippen MR) is 92.0 cm³/mol. The topological polar surface area (TPSA) is 67.9 Å². The first-order valence-corrected chi connectivity index (χ1v) is 8.45. The molecule has 1 aliphatic rings. The highest BCUT2D eigenvalue weighted by atomic mass is 16.5. The summed E-state index contributed by atoms with van der Waals surface area (Å²) >= 11 is 0. The summed E-state index contributed by atoms with van der Waals surface area (Å²) in [5, 5.41) is 2.87. The number of likely N-dealkylation sites (tertiary alicyclic amines) is 1. The average molecular weight is 334 g/mol. The maximum absolute atomic E-state index is 12.1. The van der Waals surface area contributed by atoms with Crippen LogP contribution in [0.2, 0.25) is 0 Å². The smallest absolute Gasteiger partial charge is 0.310 e. The largest absolute Gasteiger partial charge is 0.497 e. The Morgan fingerprint density at radius 2 is 2.04 bits per heavy atom. The zero-order chi connectivity index (χ0) is 17.4. The third-order valence-electron chi connectivity index (χ3n) is 4.15. The van der Waals surface area contributed by atoms with Crippen LogP contribution in [-0.2, 0) is 14.3 Å². The average Bonchev–Trinajstić information content (AvgIpc) is 2.61. The number of hydrogen-bond acceptors (Lipinski definition) is 5. The van der Waals surface area contributed by atoms with Gasteiger partial charge in [-0.05, 0) is 50.6 Å². The van der Waals surface area contributed by atoms with E-state index in [0.717, 1.165) is 30.8 Å². The van der Waals surface area contributed by atoms with E-state index in [1.807, 2.05) is 31.2 Å². The van der Waals surface area contributed by atoms with Gasteiger partial charge in [0.05, 0.1) is 19.6 Å². The second-order valence-electron chi connectivity index (χ2n) is 5.92. The fourth-order valence-electron chi connectivity index (χ4n) is 2.87. The number of rotatable bonds is 7. The molecule has 0 spiro atoms. The number of nitrogens with zero attached hydrogens (tertiary/aromatic N) is 1. The number of methoxy groups -OCH3 is 1. The molecule has 1 aromatic rings. The highest BCUT2D eigenvalue weighted by molar-refractivity contribution is 5.90. The van der Waals surface area contributed by atoms with Gasteiger partial charge in [0.15, 0.2) is 0 Å². The van der Waals surface area contributed by atoms with Crippen molar-refractivity contribution in [2.24, 2.45) is 5.92 Å². The van der Waals surface area contributed by atoms with E-state index < -0.39 is 0 Å². The van der Waals surface area contributed by atoms with Crippen LogP contribution in [0.4, 0.5) is 5.69 Å². The number of esters is 1. The van der Waals surface area contributed by atoms with Crippen LogP contribution < -0.4 is 10.1 Å². The Balaban J connectivity index is 1.75. The van der Waals surface area contributed by atoms with Crippen molar-refractivity contribution in [3.05, 3.63) is 24.3 Å². The lowest BCUT2D eigenvalue weighted by Gasteiger charge is -2.31. The molecule has 1 fully saturated rings. The summed E-state index contributed by atoms with van der Waals surface area (Å²) in [6, 6.07) is 7.25. The maximum atomic E-state index is 12.1. The summed E-state index contributed by atoms with van der Waals surface area (Å²) in [5.74, 6) is 0.540. The van der Waals surface area contributed by atoms with Gasteiger partial charge in [0.2, 0.25) is 5.91 Å². The summed E-state index contributed by atoms with van der Waals surface area (Å²) in [5.41, 5.74) is 0.754. The highest BCUT2D eigenvalue weighted by Gasteiger charge is 2.26. The summed E-state index contributed by atoms with van der Waals surface area (Å²) in [6.07, 6.45) is 2.23. The summed E-state index contributed by atoms with van der Waals surface area (Å²) in [6.45, 7) is 4.49. The number of piperidine rings is 1. The second-order valence-corrected chi connectivity index (χ2v) is 5.92. The number of anilines is 1. The van der Waals surface area contributed by atoms with Crippen LogP contribution >= 0.6 is 0 Å². The van der Waals surface area contributed by atoms with Gasteiger partial charge < -0.3 is 19.7 Å². The van der Waals surface area contributed by atoms with Crippen LogP contribution in [0, 0.1) is 5.92 Å². The van der Waals surface area contributed by atoms with Crippen molar-refractivity contribution < 1.29 is 19.1 Å². The molecule has 1 aromatic carbocycles. The molecule has 132 valence electrons. The van der Waals surface area contributed by atoms with Gasteiger partial charge in [0, 0.05) is 25.2 Å². The van der Waals surface area contributed by atoms with Crippen molar-refractivity contribution in [2.45, 2.75) is 26.2 Å². The minimum atomic E-state index is -0.120. The van der Waals surface area contributed by atoms with E-state index >= 15 is 0 Å². The van der Waals surface area contributed by atoms with Gasteiger partial charge >= 0.3 is 5.97 Å². The van der Waals surface area contributed by atoms with Crippen LogP contribution in [-0.4, -0.2) is 50.1 Å². The van der Waals surface area contributed by atoms with Gasteiger partial charge in [0.25, 0.3) is 0 Å². The number of amides is 1. The standard InChI is InChI=1S/C18H26N2O4/c1-3-24-18(22)14-5-4-11-20(13-14)12-10-17(21)19-15-6-8-16(23-2)9-7-15/h6-9,14H,3-5,10-13H2,1-2H3,(H,19,21). The van der Waals surface area contributed by atoms with E-state index in [1.54, 1.807) is 7.11 Å². The molecule has 1 aliphatic heterocycles. The lowest BCUT2D eigenvalue weighted by Crippen LogP contribution is -2.40. The number of hydrogen-bond donors (Lipinski definition) is 1. The van der Waals surface area contributed by atoms with Crippen molar-refractivity contribution in [1.29, 1.82) is 0 Å². The zero-order valence-electron chi connectivity index (χ0n) is 14.4. The molecule has 0 radical (unpaired) electrons. The van der Waals surface area contributed by atoms with E-state index in [2.05, 4.69) is 10.2 Å². The monoisotopic (exact) mass is 334 g/mol. The molecule has 1 heterocycles. The highest BCUT2D eigenvalue weighted by Crippen LogP contribution is 2.18.